The first-order valence-electron chi connectivity index (χ1n) is 4.78. The van der Waals surface area contributed by atoms with Gasteiger partial charge in [-0.3, -0.25) is 0 Å². The number of nitrogens with zero attached hydrogens (tertiary/aromatic N) is 4. The SMILES string of the molecule is Cc1cc(Cl)ccc1-n1cc(/C(N)=N/O)nn1. The Morgan fingerprint density at radius 1 is 1.53 bits per heavy atom. The van der Waals surface area contributed by atoms with Gasteiger partial charge in [-0.1, -0.05) is 22.0 Å². The summed E-state index contributed by atoms with van der Waals surface area (Å²) in [4.78, 5) is 0. The van der Waals surface area contributed by atoms with Crippen molar-refractivity contribution in [2.75, 3.05) is 0 Å². The second-order valence-electron chi connectivity index (χ2n) is 3.46. The third kappa shape index (κ3) is 2.21. The van der Waals surface area contributed by atoms with E-state index in [0.717, 1.165) is 11.3 Å². The summed E-state index contributed by atoms with van der Waals surface area (Å²) in [7, 11) is 0. The zero-order valence-electron chi connectivity index (χ0n) is 9.00. The van der Waals surface area contributed by atoms with Crippen molar-refractivity contribution in [1.82, 2.24) is 15.0 Å². The highest BCUT2D eigenvalue weighted by molar-refractivity contribution is 6.30. The van der Waals surface area contributed by atoms with Gasteiger partial charge < -0.3 is 10.9 Å². The normalized spacial score (nSPS) is 11.8. The molecule has 88 valence electrons. The average molecular weight is 252 g/mol. The summed E-state index contributed by atoms with van der Waals surface area (Å²) < 4.78 is 1.54. The zero-order valence-corrected chi connectivity index (χ0v) is 9.76. The molecular formula is C10H10ClN5O. The number of amidine groups is 1. The lowest BCUT2D eigenvalue weighted by Crippen LogP contribution is -2.13. The van der Waals surface area contributed by atoms with Crippen molar-refractivity contribution in [2.24, 2.45) is 10.9 Å². The van der Waals surface area contributed by atoms with Crippen LogP contribution in [0.4, 0.5) is 0 Å². The summed E-state index contributed by atoms with van der Waals surface area (Å²) >= 11 is 5.87. The predicted molar refractivity (Wildman–Crippen MR) is 63.6 cm³/mol. The number of aryl methyl sites for hydroxylation is 1. The van der Waals surface area contributed by atoms with Crippen LogP contribution in [0.2, 0.25) is 5.02 Å². The smallest absolute Gasteiger partial charge is 0.192 e. The van der Waals surface area contributed by atoms with Gasteiger partial charge >= 0.3 is 0 Å². The largest absolute Gasteiger partial charge is 0.409 e. The fraction of sp³-hybridized carbons (Fsp3) is 0.100. The van der Waals surface area contributed by atoms with Crippen LogP contribution in [0.1, 0.15) is 11.3 Å². The molecule has 0 radical (unpaired) electrons. The van der Waals surface area contributed by atoms with Crippen molar-refractivity contribution in [3.63, 3.8) is 0 Å². The summed E-state index contributed by atoms with van der Waals surface area (Å²) in [6.07, 6.45) is 1.57. The van der Waals surface area contributed by atoms with E-state index in [1.807, 2.05) is 19.1 Å². The highest BCUT2D eigenvalue weighted by Gasteiger charge is 2.08. The number of aromatic nitrogens is 3. The number of benzene rings is 1. The Balaban J connectivity index is 2.44. The van der Waals surface area contributed by atoms with Gasteiger partial charge in [0.1, 0.15) is 0 Å². The Morgan fingerprint density at radius 3 is 2.94 bits per heavy atom. The van der Waals surface area contributed by atoms with E-state index in [4.69, 9.17) is 22.5 Å². The standard InChI is InChI=1S/C10H10ClN5O/c1-6-4-7(11)2-3-9(6)16-5-8(13-15-16)10(12)14-17/h2-5,17H,1H3,(H2,12,14). The highest BCUT2D eigenvalue weighted by Crippen LogP contribution is 2.18. The van der Waals surface area contributed by atoms with Crippen LogP contribution in [0.25, 0.3) is 5.69 Å². The van der Waals surface area contributed by atoms with E-state index >= 15 is 0 Å². The van der Waals surface area contributed by atoms with Crippen molar-refractivity contribution in [1.29, 1.82) is 0 Å². The molecule has 0 aliphatic carbocycles. The lowest BCUT2D eigenvalue weighted by Gasteiger charge is -2.04. The van der Waals surface area contributed by atoms with Gasteiger partial charge in [0.25, 0.3) is 0 Å². The van der Waals surface area contributed by atoms with Crippen LogP contribution in [0.3, 0.4) is 0 Å². The Bertz CT molecular complexity index is 578. The van der Waals surface area contributed by atoms with Gasteiger partial charge in [0.15, 0.2) is 11.5 Å². The summed E-state index contributed by atoms with van der Waals surface area (Å²) in [5, 5.41) is 19.7. The van der Waals surface area contributed by atoms with E-state index in [9.17, 15) is 0 Å². The van der Waals surface area contributed by atoms with Gasteiger partial charge in [-0.25, -0.2) is 4.68 Å². The molecular weight excluding hydrogens is 242 g/mol. The molecule has 3 N–H and O–H groups in total. The highest BCUT2D eigenvalue weighted by atomic mass is 35.5. The molecule has 7 heteroatoms. The molecule has 0 saturated carbocycles. The van der Waals surface area contributed by atoms with Crippen LogP contribution < -0.4 is 5.73 Å². The molecule has 1 heterocycles. The Hall–Kier alpha value is -2.08. The molecule has 1 aromatic carbocycles. The van der Waals surface area contributed by atoms with Crippen LogP contribution in [0.5, 0.6) is 0 Å². The van der Waals surface area contributed by atoms with Crippen LogP contribution in [-0.2, 0) is 0 Å². The van der Waals surface area contributed by atoms with Crippen molar-refractivity contribution in [2.45, 2.75) is 6.92 Å². The van der Waals surface area contributed by atoms with Gasteiger partial charge in [-0.2, -0.15) is 0 Å². The number of nitrogens with two attached hydrogens (primary N) is 1. The molecule has 17 heavy (non-hydrogen) atoms. The first-order chi connectivity index (χ1) is 8.11. The maximum Gasteiger partial charge on any atom is 0.192 e. The predicted octanol–water partition coefficient (Wildman–Crippen LogP) is 1.32. The maximum absolute atomic E-state index is 8.53. The second-order valence-corrected chi connectivity index (χ2v) is 3.90. The molecule has 6 nitrogen and oxygen atoms in total. The van der Waals surface area contributed by atoms with Crippen LogP contribution >= 0.6 is 11.6 Å². The van der Waals surface area contributed by atoms with Crippen molar-refractivity contribution in [3.8, 4) is 5.69 Å². The number of halogens is 1. The fourth-order valence-electron chi connectivity index (χ4n) is 1.43. The van der Waals surface area contributed by atoms with Gasteiger partial charge in [-0.05, 0) is 30.7 Å². The quantitative estimate of drug-likeness (QED) is 0.365. The van der Waals surface area contributed by atoms with E-state index in [1.165, 1.54) is 0 Å². The van der Waals surface area contributed by atoms with E-state index in [-0.39, 0.29) is 5.84 Å². The molecule has 0 fully saturated rings. The minimum atomic E-state index is -0.0807. The number of rotatable bonds is 2. The van der Waals surface area contributed by atoms with E-state index in [2.05, 4.69) is 15.5 Å². The van der Waals surface area contributed by atoms with Crippen LogP contribution in [0, 0.1) is 6.92 Å². The monoisotopic (exact) mass is 251 g/mol. The van der Waals surface area contributed by atoms with Gasteiger partial charge in [0.2, 0.25) is 0 Å². The first-order valence-corrected chi connectivity index (χ1v) is 5.16. The third-order valence-corrected chi connectivity index (χ3v) is 2.50. The summed E-state index contributed by atoms with van der Waals surface area (Å²) in [5.41, 5.74) is 7.50. The van der Waals surface area contributed by atoms with Crippen molar-refractivity contribution in [3.05, 3.63) is 40.7 Å². The zero-order chi connectivity index (χ0) is 12.4. The molecule has 0 spiro atoms. The number of oxime groups is 1. The molecule has 0 bridgehead atoms. The molecule has 2 aromatic rings. The maximum atomic E-state index is 8.53. The van der Waals surface area contributed by atoms with Gasteiger partial charge in [0, 0.05) is 5.02 Å². The van der Waals surface area contributed by atoms with Gasteiger partial charge in [-0.15, -0.1) is 5.10 Å². The summed E-state index contributed by atoms with van der Waals surface area (Å²) in [6.45, 7) is 1.91. The third-order valence-electron chi connectivity index (χ3n) is 2.27. The van der Waals surface area contributed by atoms with E-state index < -0.39 is 0 Å². The molecule has 2 rings (SSSR count). The molecule has 0 aliphatic rings. The molecule has 0 saturated heterocycles. The lowest BCUT2D eigenvalue weighted by molar-refractivity contribution is 0.318. The lowest BCUT2D eigenvalue weighted by atomic mass is 10.2. The first kappa shape index (κ1) is 11.4. The number of hydrogen-bond donors (Lipinski definition) is 2. The summed E-state index contributed by atoms with van der Waals surface area (Å²) in [6, 6.07) is 5.40. The van der Waals surface area contributed by atoms with Gasteiger partial charge in [0.05, 0.1) is 11.9 Å². The Morgan fingerprint density at radius 2 is 2.29 bits per heavy atom. The molecule has 1 aromatic heterocycles. The fourth-order valence-corrected chi connectivity index (χ4v) is 1.65. The minimum Gasteiger partial charge on any atom is -0.409 e. The van der Waals surface area contributed by atoms with Crippen molar-refractivity contribution >= 4 is 17.4 Å². The van der Waals surface area contributed by atoms with Crippen LogP contribution in [0.15, 0.2) is 29.6 Å². The second kappa shape index (κ2) is 4.42. The van der Waals surface area contributed by atoms with E-state index in [1.54, 1.807) is 16.9 Å². The number of hydrogen-bond acceptors (Lipinski definition) is 4. The van der Waals surface area contributed by atoms with Crippen LogP contribution in [-0.4, -0.2) is 26.0 Å². The Labute approximate surface area is 102 Å². The molecule has 0 unspecified atom stereocenters. The minimum absolute atomic E-state index is 0.0807. The molecule has 0 atom stereocenters. The molecule has 0 amide bonds. The average Bonchev–Trinajstić information content (AvgIpc) is 2.77. The Kier molecular flexibility index (Phi) is 2.97. The van der Waals surface area contributed by atoms with Crippen molar-refractivity contribution < 1.29 is 5.21 Å². The topological polar surface area (TPSA) is 89.3 Å². The summed E-state index contributed by atoms with van der Waals surface area (Å²) in [5.74, 6) is -0.0807. The molecule has 0 aliphatic heterocycles. The van der Waals surface area contributed by atoms with E-state index in [0.29, 0.717) is 10.7 Å².